The number of esters is 1. The summed E-state index contributed by atoms with van der Waals surface area (Å²) in [7, 11) is 0. The first-order valence-electron chi connectivity index (χ1n) is 28.1. The Balaban J connectivity index is 1.00. The van der Waals surface area contributed by atoms with Crippen molar-refractivity contribution in [2.24, 2.45) is 50.2 Å². The molecule has 31 unspecified atom stereocenters. The van der Waals surface area contributed by atoms with Crippen molar-refractivity contribution in [3.05, 3.63) is 11.6 Å². The van der Waals surface area contributed by atoms with E-state index >= 15 is 4.79 Å². The van der Waals surface area contributed by atoms with Crippen molar-refractivity contribution in [1.29, 1.82) is 0 Å². The fraction of sp³-hybridized carbons (Fsp3) is 0.926. The lowest BCUT2D eigenvalue weighted by atomic mass is 9.33. The molecule has 4 saturated heterocycles. The van der Waals surface area contributed by atoms with Crippen LogP contribution in [0.25, 0.3) is 0 Å². The van der Waals surface area contributed by atoms with E-state index in [2.05, 4.69) is 19.9 Å². The summed E-state index contributed by atoms with van der Waals surface area (Å²) in [4.78, 5) is 28.7. The maximum absolute atomic E-state index is 15.6. The first-order chi connectivity index (χ1) is 37.3. The number of carbonyl (C=O) groups excluding carboxylic acids is 1. The molecular formula is C54H86O26. The summed E-state index contributed by atoms with van der Waals surface area (Å²) in [5, 5.41) is 176. The summed E-state index contributed by atoms with van der Waals surface area (Å²) in [6.07, 6.45) is -35.6. The van der Waals surface area contributed by atoms with Gasteiger partial charge in [0.15, 0.2) is 25.0 Å². The molecule has 0 bridgehead atoms. The lowest BCUT2D eigenvalue weighted by Gasteiger charge is -2.71. The Morgan fingerprint density at radius 3 is 1.80 bits per heavy atom. The molecular weight excluding hydrogens is 1060 g/mol. The molecule has 0 amide bonds. The van der Waals surface area contributed by atoms with Crippen molar-refractivity contribution in [3.8, 4) is 0 Å². The molecule has 0 spiro atoms. The number of carboxylic acid groups (broad SMARTS) is 1. The van der Waals surface area contributed by atoms with Crippen molar-refractivity contribution >= 4 is 11.9 Å². The van der Waals surface area contributed by atoms with Crippen molar-refractivity contribution in [2.45, 2.75) is 241 Å². The molecule has 458 valence electrons. The predicted octanol–water partition coefficient (Wildman–Crippen LogP) is -4.00. The Bertz CT molecular complexity index is 2270. The van der Waals surface area contributed by atoms with Crippen LogP contribution in [0, 0.1) is 50.2 Å². The highest BCUT2D eigenvalue weighted by molar-refractivity contribution is 5.80. The molecule has 0 radical (unpaired) electrons. The van der Waals surface area contributed by atoms with Gasteiger partial charge in [-0.15, -0.1) is 0 Å². The second-order valence-electron chi connectivity index (χ2n) is 26.3. The first kappa shape index (κ1) is 62.3. The van der Waals surface area contributed by atoms with Gasteiger partial charge >= 0.3 is 11.9 Å². The zero-order chi connectivity index (χ0) is 58.9. The van der Waals surface area contributed by atoms with Gasteiger partial charge in [0.25, 0.3) is 0 Å². The van der Waals surface area contributed by atoms with Gasteiger partial charge in [-0.1, -0.05) is 46.3 Å². The van der Waals surface area contributed by atoms with Gasteiger partial charge in [0.05, 0.1) is 49.7 Å². The van der Waals surface area contributed by atoms with Crippen LogP contribution in [0.2, 0.25) is 0 Å². The zero-order valence-electron chi connectivity index (χ0n) is 46.1. The minimum atomic E-state index is -2.14. The van der Waals surface area contributed by atoms with E-state index in [0.717, 1.165) is 5.57 Å². The van der Waals surface area contributed by atoms with Gasteiger partial charge in [0.2, 0.25) is 6.29 Å². The van der Waals surface area contributed by atoms with Gasteiger partial charge in [-0.3, -0.25) is 9.59 Å². The van der Waals surface area contributed by atoms with Crippen LogP contribution in [0.3, 0.4) is 0 Å². The Morgan fingerprint density at radius 2 is 1.16 bits per heavy atom. The van der Waals surface area contributed by atoms with Gasteiger partial charge in [0.1, 0.15) is 90.9 Å². The maximum Gasteiger partial charge on any atom is 0.317 e. The number of hydrogen-bond donors (Lipinski definition) is 16. The zero-order valence-corrected chi connectivity index (χ0v) is 46.1. The molecule has 9 aliphatic rings. The SMILES string of the molecule is CC1OC(OC2C(CO)OC(OCC3OC(OC(=O)C45CCC6(C)C(=CCC7C8(C)CC(O)C(O)C(C)(C(=O)O)C8CCC76C)C4CC(C)(C)CC5O)C(OC4OC(CO)C(O)C(O)C4O)C(O)C3O)C(O)C2O)C(O)C(O)C1O. The van der Waals surface area contributed by atoms with Crippen LogP contribution >= 0.6 is 0 Å². The molecule has 31 atom stereocenters. The number of allylic oxidation sites excluding steroid dienone is 2. The number of carboxylic acids is 1. The van der Waals surface area contributed by atoms with E-state index in [1.165, 1.54) is 13.8 Å². The predicted molar refractivity (Wildman–Crippen MR) is 266 cm³/mol. The van der Waals surface area contributed by atoms with Crippen LogP contribution in [-0.2, 0) is 47.5 Å². The third-order valence-electron chi connectivity index (χ3n) is 21.5. The minimum Gasteiger partial charge on any atom is -0.481 e. The fourth-order valence-electron chi connectivity index (χ4n) is 16.6. The summed E-state index contributed by atoms with van der Waals surface area (Å²) in [6.45, 7) is 10.6. The molecule has 4 saturated carbocycles. The molecule has 9 rings (SSSR count). The minimum absolute atomic E-state index is 0.0459. The van der Waals surface area contributed by atoms with Gasteiger partial charge < -0.3 is 120 Å². The Hall–Kier alpha value is -2.20. The second kappa shape index (κ2) is 22.3. The quantitative estimate of drug-likeness (QED) is 0.0654. The van der Waals surface area contributed by atoms with Crippen LogP contribution in [0.15, 0.2) is 11.6 Å². The molecule has 4 heterocycles. The summed E-state index contributed by atoms with van der Waals surface area (Å²) >= 11 is 0. The summed E-state index contributed by atoms with van der Waals surface area (Å²) in [6, 6.07) is 0. The van der Waals surface area contributed by atoms with Crippen LogP contribution < -0.4 is 0 Å². The number of fused-ring (bicyclic) bond motifs is 7. The van der Waals surface area contributed by atoms with E-state index in [4.69, 9.17) is 37.9 Å². The third-order valence-corrected chi connectivity index (χ3v) is 21.5. The number of aliphatic carboxylic acids is 1. The molecule has 0 aromatic rings. The number of aliphatic hydroxyl groups excluding tert-OH is 15. The molecule has 16 N–H and O–H groups in total. The molecule has 4 aliphatic heterocycles. The van der Waals surface area contributed by atoms with Crippen molar-refractivity contribution in [1.82, 2.24) is 0 Å². The van der Waals surface area contributed by atoms with E-state index in [9.17, 15) is 86.5 Å². The highest BCUT2D eigenvalue weighted by Gasteiger charge is 2.73. The van der Waals surface area contributed by atoms with E-state index in [1.807, 2.05) is 20.8 Å². The normalized spacial score (nSPS) is 54.9. The number of carbonyl (C=O) groups is 2. The number of rotatable bonds is 12. The molecule has 26 nitrogen and oxygen atoms in total. The largest absolute Gasteiger partial charge is 0.481 e. The van der Waals surface area contributed by atoms with Crippen molar-refractivity contribution < 1.29 is 129 Å². The smallest absolute Gasteiger partial charge is 0.317 e. The average Bonchev–Trinajstić information content (AvgIpc) is 1.93. The van der Waals surface area contributed by atoms with Crippen LogP contribution in [0.5, 0.6) is 0 Å². The molecule has 80 heavy (non-hydrogen) atoms. The van der Waals surface area contributed by atoms with Crippen molar-refractivity contribution in [3.63, 3.8) is 0 Å². The Kier molecular flexibility index (Phi) is 17.3. The second-order valence-corrected chi connectivity index (χ2v) is 26.3. The van der Waals surface area contributed by atoms with E-state index < -0.39 is 217 Å². The first-order valence-corrected chi connectivity index (χ1v) is 28.1. The maximum atomic E-state index is 15.6. The highest BCUT2D eigenvalue weighted by atomic mass is 16.8. The Labute approximate surface area is 462 Å². The number of ether oxygens (including phenoxy) is 8. The molecule has 26 heteroatoms. The number of aliphatic hydroxyl groups is 15. The lowest BCUT2D eigenvalue weighted by Crippen LogP contribution is -2.69. The third kappa shape index (κ3) is 9.73. The van der Waals surface area contributed by atoms with E-state index in [1.54, 1.807) is 0 Å². The fourth-order valence-corrected chi connectivity index (χ4v) is 16.6. The van der Waals surface area contributed by atoms with E-state index in [-0.39, 0.29) is 25.2 Å². The molecule has 5 aliphatic carbocycles. The highest BCUT2D eigenvalue weighted by Crippen LogP contribution is 2.76. The summed E-state index contributed by atoms with van der Waals surface area (Å²) in [5.41, 5.74) is -4.95. The number of hydrogen-bond acceptors (Lipinski definition) is 25. The van der Waals surface area contributed by atoms with Crippen LogP contribution in [0.4, 0.5) is 0 Å². The molecule has 8 fully saturated rings. The van der Waals surface area contributed by atoms with Gasteiger partial charge in [-0.25, -0.2) is 0 Å². The van der Waals surface area contributed by atoms with Crippen LogP contribution in [0.1, 0.15) is 99.8 Å². The summed E-state index contributed by atoms with van der Waals surface area (Å²) < 4.78 is 46.9. The average molecular weight is 1150 g/mol. The van der Waals surface area contributed by atoms with E-state index in [0.29, 0.717) is 32.1 Å². The summed E-state index contributed by atoms with van der Waals surface area (Å²) in [5.74, 6) is -3.55. The molecule has 0 aromatic heterocycles. The van der Waals surface area contributed by atoms with Gasteiger partial charge in [-0.05, 0) is 105 Å². The lowest BCUT2D eigenvalue weighted by molar-refractivity contribution is -0.373. The van der Waals surface area contributed by atoms with Crippen molar-refractivity contribution in [2.75, 3.05) is 19.8 Å². The van der Waals surface area contributed by atoms with Gasteiger partial charge in [0, 0.05) is 0 Å². The Morgan fingerprint density at radius 1 is 0.600 bits per heavy atom. The van der Waals surface area contributed by atoms with Gasteiger partial charge in [-0.2, -0.15) is 0 Å². The molecule has 0 aromatic carbocycles. The standard InChI is InChI=1S/C54H86O26/c1-20-30(59)33(62)37(66)44(74-20)78-40-25(18-56)76-43(39(68)36(40)65)73-19-26-32(61)35(64)41(79-45-38(67)34(63)31(60)24(17-55)75-45)46(77-26)80-48(72)54-13-12-51(5)21(22(54)14-49(2,3)16-29(54)58)8-9-27-50(4)15-23(57)42(69)53(7,47(70)71)28(50)10-11-52(27,51)6/h8,20,22-46,55-69H,9-19H2,1-7H3,(H,70,71). The van der Waals surface area contributed by atoms with Crippen LogP contribution in [-0.4, -0.2) is 255 Å². The monoisotopic (exact) mass is 1150 g/mol. The topological polar surface area (TPSA) is 432 Å².